The molecule has 0 fully saturated rings. The van der Waals surface area contributed by atoms with E-state index in [-0.39, 0.29) is 13.0 Å². The van der Waals surface area contributed by atoms with E-state index in [1.807, 2.05) is 0 Å². The van der Waals surface area contributed by atoms with E-state index in [2.05, 4.69) is 4.72 Å². The molecule has 1 unspecified atom stereocenters. The van der Waals surface area contributed by atoms with Gasteiger partial charge >= 0.3 is 0 Å². The summed E-state index contributed by atoms with van der Waals surface area (Å²) in [4.78, 5) is 0. The summed E-state index contributed by atoms with van der Waals surface area (Å²) in [7, 11) is -3.82. The Balaban J connectivity index is 2.65. The third kappa shape index (κ3) is 5.22. The summed E-state index contributed by atoms with van der Waals surface area (Å²) in [6.07, 6.45) is 0.187. The van der Waals surface area contributed by atoms with Gasteiger partial charge in [0, 0.05) is 12.1 Å². The lowest BCUT2D eigenvalue weighted by Gasteiger charge is -2.10. The van der Waals surface area contributed by atoms with Gasteiger partial charge in [-0.15, -0.1) is 0 Å². The molecule has 0 heterocycles. The van der Waals surface area contributed by atoms with Crippen LogP contribution in [0, 0.1) is 11.6 Å². The topological polar surface area (TPSA) is 66.4 Å². The second kappa shape index (κ2) is 6.93. The third-order valence-electron chi connectivity index (χ3n) is 2.67. The summed E-state index contributed by atoms with van der Waals surface area (Å²) in [5.74, 6) is -2.54. The van der Waals surface area contributed by atoms with Crippen molar-refractivity contribution in [2.24, 2.45) is 0 Å². The molecule has 0 aromatic heterocycles. The van der Waals surface area contributed by atoms with Gasteiger partial charge in [0.1, 0.15) is 11.6 Å². The van der Waals surface area contributed by atoms with E-state index in [0.717, 1.165) is 12.1 Å². The maximum absolute atomic E-state index is 13.3. The predicted octanol–water partition coefficient (Wildman–Crippen LogP) is 1.55. The zero-order chi connectivity index (χ0) is 14.5. The average Bonchev–Trinajstić information content (AvgIpc) is 2.33. The first-order chi connectivity index (χ1) is 8.85. The van der Waals surface area contributed by atoms with Crippen molar-refractivity contribution < 1.29 is 22.3 Å². The Kier molecular flexibility index (Phi) is 5.84. The number of hydrogen-bond acceptors (Lipinski definition) is 3. The molecular formula is C12H17F2NO3S. The lowest BCUT2D eigenvalue weighted by Crippen LogP contribution is -2.29. The van der Waals surface area contributed by atoms with Gasteiger partial charge in [0.05, 0.1) is 11.9 Å². The number of hydrogen-bond donors (Lipinski definition) is 2. The standard InChI is InChI=1S/C12H17F2NO3S/c1-2-9(16)6-7-15-19(17,18)8-10-11(13)4-3-5-12(10)14/h3-5,9,15-16H,2,6-8H2,1H3. The number of sulfonamides is 1. The molecule has 1 atom stereocenters. The molecule has 108 valence electrons. The summed E-state index contributed by atoms with van der Waals surface area (Å²) in [6, 6.07) is 3.19. The molecule has 0 amide bonds. The van der Waals surface area contributed by atoms with Crippen LogP contribution in [-0.2, 0) is 15.8 Å². The van der Waals surface area contributed by atoms with E-state index in [0.29, 0.717) is 6.42 Å². The molecule has 19 heavy (non-hydrogen) atoms. The van der Waals surface area contributed by atoms with E-state index >= 15 is 0 Å². The summed E-state index contributed by atoms with van der Waals surface area (Å²) < 4.78 is 52.1. The molecule has 1 aromatic rings. The van der Waals surface area contributed by atoms with Gasteiger partial charge in [0.2, 0.25) is 10.0 Å². The number of aliphatic hydroxyl groups is 1. The molecule has 1 aromatic carbocycles. The van der Waals surface area contributed by atoms with Crippen molar-refractivity contribution in [1.82, 2.24) is 4.72 Å². The SMILES string of the molecule is CCC(O)CCNS(=O)(=O)Cc1c(F)cccc1F. The summed E-state index contributed by atoms with van der Waals surface area (Å²) in [6.45, 7) is 1.81. The van der Waals surface area contributed by atoms with Crippen LogP contribution in [-0.4, -0.2) is 26.2 Å². The van der Waals surface area contributed by atoms with E-state index in [1.165, 1.54) is 6.07 Å². The Morgan fingerprint density at radius 1 is 1.32 bits per heavy atom. The lowest BCUT2D eigenvalue weighted by atomic mass is 10.2. The number of rotatable bonds is 7. The number of aliphatic hydroxyl groups excluding tert-OH is 1. The van der Waals surface area contributed by atoms with Crippen LogP contribution in [0.25, 0.3) is 0 Å². The van der Waals surface area contributed by atoms with Gasteiger partial charge in [-0.05, 0) is 25.0 Å². The summed E-state index contributed by atoms with van der Waals surface area (Å²) >= 11 is 0. The van der Waals surface area contributed by atoms with E-state index in [1.54, 1.807) is 6.92 Å². The molecule has 0 saturated heterocycles. The zero-order valence-electron chi connectivity index (χ0n) is 10.6. The minimum atomic E-state index is -3.82. The highest BCUT2D eigenvalue weighted by molar-refractivity contribution is 7.88. The van der Waals surface area contributed by atoms with Crippen LogP contribution >= 0.6 is 0 Å². The van der Waals surface area contributed by atoms with Gasteiger partial charge in [-0.25, -0.2) is 21.9 Å². The molecule has 0 bridgehead atoms. The van der Waals surface area contributed by atoms with Crippen molar-refractivity contribution in [1.29, 1.82) is 0 Å². The minimum absolute atomic E-state index is 0.0351. The Morgan fingerprint density at radius 2 is 1.89 bits per heavy atom. The van der Waals surface area contributed by atoms with Crippen molar-refractivity contribution in [2.45, 2.75) is 31.6 Å². The third-order valence-corrected chi connectivity index (χ3v) is 3.98. The zero-order valence-corrected chi connectivity index (χ0v) is 11.4. The fraction of sp³-hybridized carbons (Fsp3) is 0.500. The quantitative estimate of drug-likeness (QED) is 0.801. The molecule has 0 aliphatic carbocycles. The molecule has 2 N–H and O–H groups in total. The Labute approximate surface area is 111 Å². The highest BCUT2D eigenvalue weighted by atomic mass is 32.2. The van der Waals surface area contributed by atoms with Gasteiger partial charge in [0.15, 0.2) is 0 Å². The van der Waals surface area contributed by atoms with E-state index < -0.39 is 39.1 Å². The van der Waals surface area contributed by atoms with Crippen LogP contribution < -0.4 is 4.72 Å². The van der Waals surface area contributed by atoms with Gasteiger partial charge in [0.25, 0.3) is 0 Å². The van der Waals surface area contributed by atoms with Gasteiger partial charge in [-0.1, -0.05) is 13.0 Å². The van der Waals surface area contributed by atoms with Gasteiger partial charge < -0.3 is 5.11 Å². The van der Waals surface area contributed by atoms with Crippen molar-refractivity contribution in [3.05, 3.63) is 35.4 Å². The Hall–Kier alpha value is -1.05. The van der Waals surface area contributed by atoms with Crippen molar-refractivity contribution in [2.75, 3.05) is 6.54 Å². The Morgan fingerprint density at radius 3 is 2.42 bits per heavy atom. The molecule has 0 aliphatic heterocycles. The van der Waals surface area contributed by atoms with Crippen LogP contribution in [0.15, 0.2) is 18.2 Å². The van der Waals surface area contributed by atoms with E-state index in [4.69, 9.17) is 0 Å². The van der Waals surface area contributed by atoms with Crippen molar-refractivity contribution >= 4 is 10.0 Å². The number of nitrogens with one attached hydrogen (secondary N) is 1. The predicted molar refractivity (Wildman–Crippen MR) is 67.9 cm³/mol. The minimum Gasteiger partial charge on any atom is -0.393 e. The molecule has 0 saturated carbocycles. The van der Waals surface area contributed by atoms with Gasteiger partial charge in [-0.3, -0.25) is 0 Å². The second-order valence-corrected chi connectivity index (χ2v) is 6.01. The van der Waals surface area contributed by atoms with Gasteiger partial charge in [-0.2, -0.15) is 0 Å². The Bertz CT molecular complexity index is 499. The average molecular weight is 293 g/mol. The van der Waals surface area contributed by atoms with Crippen LogP contribution in [0.2, 0.25) is 0 Å². The molecule has 4 nitrogen and oxygen atoms in total. The highest BCUT2D eigenvalue weighted by Crippen LogP contribution is 2.14. The molecule has 7 heteroatoms. The van der Waals surface area contributed by atoms with E-state index in [9.17, 15) is 22.3 Å². The van der Waals surface area contributed by atoms with Crippen molar-refractivity contribution in [3.8, 4) is 0 Å². The van der Waals surface area contributed by atoms with Crippen LogP contribution in [0.3, 0.4) is 0 Å². The second-order valence-electron chi connectivity index (χ2n) is 4.20. The fourth-order valence-electron chi connectivity index (χ4n) is 1.50. The monoisotopic (exact) mass is 293 g/mol. The first-order valence-electron chi connectivity index (χ1n) is 5.94. The van der Waals surface area contributed by atoms with Crippen molar-refractivity contribution in [3.63, 3.8) is 0 Å². The molecule has 0 aliphatic rings. The normalized spacial score (nSPS) is 13.5. The van der Waals surface area contributed by atoms with Crippen LogP contribution in [0.4, 0.5) is 8.78 Å². The fourth-order valence-corrected chi connectivity index (χ4v) is 2.68. The first-order valence-corrected chi connectivity index (χ1v) is 7.59. The molecular weight excluding hydrogens is 276 g/mol. The maximum Gasteiger partial charge on any atom is 0.215 e. The maximum atomic E-state index is 13.3. The lowest BCUT2D eigenvalue weighted by molar-refractivity contribution is 0.162. The summed E-state index contributed by atoms with van der Waals surface area (Å²) in [5.41, 5.74) is -0.481. The number of halogens is 2. The first kappa shape index (κ1) is 16.0. The molecule has 1 rings (SSSR count). The molecule has 0 spiro atoms. The smallest absolute Gasteiger partial charge is 0.215 e. The van der Waals surface area contributed by atoms with Crippen LogP contribution in [0.1, 0.15) is 25.3 Å². The highest BCUT2D eigenvalue weighted by Gasteiger charge is 2.18. The summed E-state index contributed by atoms with van der Waals surface area (Å²) in [5, 5.41) is 9.28. The largest absolute Gasteiger partial charge is 0.393 e. The van der Waals surface area contributed by atoms with Crippen LogP contribution in [0.5, 0.6) is 0 Å². The molecule has 0 radical (unpaired) electrons. The number of benzene rings is 1.